The number of carbonyl (C=O) groups is 2. The third-order valence-corrected chi connectivity index (χ3v) is 9.34. The van der Waals surface area contributed by atoms with E-state index in [2.05, 4.69) is 5.32 Å². The Labute approximate surface area is 246 Å². The molecule has 1 aliphatic rings. The predicted octanol–water partition coefficient (Wildman–Crippen LogP) is 6.05. The number of carbonyl (C=O) groups excluding carboxylic acids is 2. The number of nitrogens with zero attached hydrogens (tertiary/aromatic N) is 2. The van der Waals surface area contributed by atoms with Gasteiger partial charge in [-0.15, -0.1) is 0 Å². The van der Waals surface area contributed by atoms with Crippen LogP contribution in [0.15, 0.2) is 83.8 Å². The van der Waals surface area contributed by atoms with E-state index in [4.69, 9.17) is 23.2 Å². The summed E-state index contributed by atoms with van der Waals surface area (Å²) in [5.74, 6) is -0.733. The molecule has 0 unspecified atom stereocenters. The number of amides is 2. The van der Waals surface area contributed by atoms with Crippen molar-refractivity contribution in [2.75, 3.05) is 10.8 Å². The standard InChI is InChI=1S/C30H33Cl2N3O4S/c1-2-28(30(37)33-25-12-6-7-13-25)34(20-22-9-4-3-5-10-22)29(36)21-35(26-14-8-11-24(32)19-26)40(38,39)27-17-15-23(31)16-18-27/h3-5,8-11,14-19,25,28H,2,6-7,12-13,20-21H2,1H3,(H,33,37)/t28-/m1/s1. The highest BCUT2D eigenvalue weighted by atomic mass is 35.5. The summed E-state index contributed by atoms with van der Waals surface area (Å²) >= 11 is 12.2. The number of hydrogen-bond acceptors (Lipinski definition) is 4. The molecule has 1 atom stereocenters. The average molecular weight is 603 g/mol. The molecule has 0 radical (unpaired) electrons. The number of nitrogens with one attached hydrogen (secondary N) is 1. The van der Waals surface area contributed by atoms with E-state index in [0.29, 0.717) is 16.5 Å². The number of benzene rings is 3. The van der Waals surface area contributed by atoms with Crippen molar-refractivity contribution < 1.29 is 18.0 Å². The van der Waals surface area contributed by atoms with Gasteiger partial charge in [0.1, 0.15) is 12.6 Å². The molecule has 40 heavy (non-hydrogen) atoms. The minimum atomic E-state index is -4.19. The third kappa shape index (κ3) is 7.36. The molecule has 0 spiro atoms. The molecule has 1 N–H and O–H groups in total. The van der Waals surface area contributed by atoms with Crippen molar-refractivity contribution in [1.82, 2.24) is 10.2 Å². The van der Waals surface area contributed by atoms with Gasteiger partial charge in [0.2, 0.25) is 11.8 Å². The van der Waals surface area contributed by atoms with Crippen LogP contribution in [-0.4, -0.2) is 43.8 Å². The van der Waals surface area contributed by atoms with Crippen molar-refractivity contribution in [3.63, 3.8) is 0 Å². The fourth-order valence-corrected chi connectivity index (χ4v) is 6.68. The highest BCUT2D eigenvalue weighted by Crippen LogP contribution is 2.28. The molecule has 0 aliphatic heterocycles. The molecule has 7 nitrogen and oxygen atoms in total. The molecule has 3 aromatic rings. The van der Waals surface area contributed by atoms with Gasteiger partial charge in [-0.1, -0.05) is 79.4 Å². The van der Waals surface area contributed by atoms with Gasteiger partial charge in [-0.2, -0.15) is 0 Å². The first-order valence-electron chi connectivity index (χ1n) is 13.4. The Bertz CT molecular complexity index is 1410. The molecule has 1 saturated carbocycles. The molecule has 1 aliphatic carbocycles. The van der Waals surface area contributed by atoms with Crippen LogP contribution in [0.1, 0.15) is 44.6 Å². The van der Waals surface area contributed by atoms with Gasteiger partial charge in [0.15, 0.2) is 0 Å². The van der Waals surface area contributed by atoms with Crippen LogP contribution in [0, 0.1) is 0 Å². The van der Waals surface area contributed by atoms with Crippen molar-refractivity contribution in [2.45, 2.75) is 62.6 Å². The summed E-state index contributed by atoms with van der Waals surface area (Å²) in [6.07, 6.45) is 4.32. The first-order valence-corrected chi connectivity index (χ1v) is 15.6. The minimum Gasteiger partial charge on any atom is -0.352 e. The van der Waals surface area contributed by atoms with Gasteiger partial charge in [0.25, 0.3) is 10.0 Å². The van der Waals surface area contributed by atoms with Crippen LogP contribution in [0.25, 0.3) is 0 Å². The lowest BCUT2D eigenvalue weighted by atomic mass is 10.1. The molecule has 212 valence electrons. The zero-order chi connectivity index (χ0) is 28.7. The van der Waals surface area contributed by atoms with Gasteiger partial charge < -0.3 is 10.2 Å². The maximum atomic E-state index is 14.1. The summed E-state index contributed by atoms with van der Waals surface area (Å²) in [7, 11) is -4.19. The van der Waals surface area contributed by atoms with Crippen molar-refractivity contribution in [2.24, 2.45) is 0 Å². The van der Waals surface area contributed by atoms with E-state index >= 15 is 0 Å². The van der Waals surface area contributed by atoms with Crippen LogP contribution < -0.4 is 9.62 Å². The molecular weight excluding hydrogens is 569 g/mol. The molecule has 4 rings (SSSR count). The quantitative estimate of drug-likeness (QED) is 0.289. The van der Waals surface area contributed by atoms with Crippen molar-refractivity contribution >= 4 is 50.7 Å². The molecule has 1 fully saturated rings. The smallest absolute Gasteiger partial charge is 0.264 e. The zero-order valence-electron chi connectivity index (χ0n) is 22.3. The molecule has 0 saturated heterocycles. The Morgan fingerprint density at radius 3 is 2.23 bits per heavy atom. The Morgan fingerprint density at radius 2 is 1.60 bits per heavy atom. The summed E-state index contributed by atoms with van der Waals surface area (Å²) in [5, 5.41) is 3.82. The van der Waals surface area contributed by atoms with Crippen LogP contribution in [0.3, 0.4) is 0 Å². The van der Waals surface area contributed by atoms with Gasteiger partial charge in [0, 0.05) is 22.6 Å². The lowest BCUT2D eigenvalue weighted by Gasteiger charge is -2.33. The summed E-state index contributed by atoms with van der Waals surface area (Å²) in [6, 6.07) is 20.7. The molecule has 2 amide bonds. The van der Waals surface area contributed by atoms with Crippen LogP contribution in [-0.2, 0) is 26.2 Å². The monoisotopic (exact) mass is 601 g/mol. The van der Waals surface area contributed by atoms with E-state index < -0.39 is 28.5 Å². The first-order chi connectivity index (χ1) is 19.2. The summed E-state index contributed by atoms with van der Waals surface area (Å²) in [6.45, 7) is 1.48. The number of sulfonamides is 1. The fourth-order valence-electron chi connectivity index (χ4n) is 4.96. The molecule has 0 heterocycles. The van der Waals surface area contributed by atoms with Crippen LogP contribution in [0.5, 0.6) is 0 Å². The normalized spacial score (nSPS) is 14.5. The lowest BCUT2D eigenvalue weighted by molar-refractivity contribution is -0.140. The predicted molar refractivity (Wildman–Crippen MR) is 159 cm³/mol. The Balaban J connectivity index is 1.70. The second-order valence-electron chi connectivity index (χ2n) is 9.87. The Hall–Kier alpha value is -3.07. The van der Waals surface area contributed by atoms with Gasteiger partial charge in [-0.05, 0) is 67.3 Å². The number of rotatable bonds is 11. The van der Waals surface area contributed by atoms with E-state index in [1.807, 2.05) is 37.3 Å². The largest absolute Gasteiger partial charge is 0.352 e. The van der Waals surface area contributed by atoms with Crippen LogP contribution in [0.4, 0.5) is 5.69 Å². The van der Waals surface area contributed by atoms with E-state index in [9.17, 15) is 18.0 Å². The maximum absolute atomic E-state index is 14.1. The highest BCUT2D eigenvalue weighted by molar-refractivity contribution is 7.92. The maximum Gasteiger partial charge on any atom is 0.264 e. The van der Waals surface area contributed by atoms with Crippen molar-refractivity contribution in [3.8, 4) is 0 Å². The Kier molecular flexibility index (Phi) is 10.1. The van der Waals surface area contributed by atoms with Crippen molar-refractivity contribution in [1.29, 1.82) is 0 Å². The van der Waals surface area contributed by atoms with E-state index in [1.165, 1.54) is 35.2 Å². The molecule has 0 bridgehead atoms. The first kappa shape index (κ1) is 29.9. The van der Waals surface area contributed by atoms with Gasteiger partial charge in [-0.3, -0.25) is 13.9 Å². The molecular formula is C30H33Cl2N3O4S. The second kappa shape index (κ2) is 13.5. The van der Waals surface area contributed by atoms with Gasteiger partial charge >= 0.3 is 0 Å². The summed E-state index contributed by atoms with van der Waals surface area (Å²) in [5.41, 5.74) is 1.07. The molecule has 10 heteroatoms. The van der Waals surface area contributed by atoms with E-state index in [0.717, 1.165) is 35.6 Å². The third-order valence-electron chi connectivity index (χ3n) is 7.06. The number of hydrogen-bond donors (Lipinski definition) is 1. The molecule has 3 aromatic carbocycles. The SMILES string of the molecule is CC[C@H](C(=O)NC1CCCC1)N(Cc1ccccc1)C(=O)CN(c1cccc(Cl)c1)S(=O)(=O)c1ccc(Cl)cc1. The van der Waals surface area contributed by atoms with E-state index in [1.54, 1.807) is 18.2 Å². The van der Waals surface area contributed by atoms with Crippen LogP contribution in [0.2, 0.25) is 10.0 Å². The highest BCUT2D eigenvalue weighted by Gasteiger charge is 2.34. The Morgan fingerprint density at radius 1 is 0.925 bits per heavy atom. The van der Waals surface area contributed by atoms with Crippen LogP contribution >= 0.6 is 23.2 Å². The van der Waals surface area contributed by atoms with Crippen molar-refractivity contribution in [3.05, 3.63) is 94.5 Å². The van der Waals surface area contributed by atoms with E-state index in [-0.39, 0.29) is 29.1 Å². The molecule has 0 aromatic heterocycles. The summed E-state index contributed by atoms with van der Waals surface area (Å²) < 4.78 is 28.8. The average Bonchev–Trinajstić information content (AvgIpc) is 3.45. The topological polar surface area (TPSA) is 86.8 Å². The number of anilines is 1. The van der Waals surface area contributed by atoms with Gasteiger partial charge in [-0.25, -0.2) is 8.42 Å². The fraction of sp³-hybridized carbons (Fsp3) is 0.333. The summed E-state index contributed by atoms with van der Waals surface area (Å²) in [4.78, 5) is 29.0. The van der Waals surface area contributed by atoms with Gasteiger partial charge in [0.05, 0.1) is 10.6 Å². The second-order valence-corrected chi connectivity index (χ2v) is 12.6. The number of halogens is 2. The minimum absolute atomic E-state index is 0.0229. The lowest BCUT2D eigenvalue weighted by Crippen LogP contribution is -2.53. The zero-order valence-corrected chi connectivity index (χ0v) is 24.6.